The largest absolute Gasteiger partial charge is 0.493 e. The van der Waals surface area contributed by atoms with Gasteiger partial charge in [0.25, 0.3) is 5.56 Å². The molecule has 0 fully saturated rings. The summed E-state index contributed by atoms with van der Waals surface area (Å²) < 4.78 is 10.6. The Bertz CT molecular complexity index is 957. The van der Waals surface area contributed by atoms with Crippen LogP contribution >= 0.6 is 0 Å². The van der Waals surface area contributed by atoms with Crippen LogP contribution in [0.3, 0.4) is 0 Å². The Kier molecular flexibility index (Phi) is 3.93. The van der Waals surface area contributed by atoms with E-state index in [2.05, 4.69) is 9.97 Å². The summed E-state index contributed by atoms with van der Waals surface area (Å²) >= 11 is 0. The van der Waals surface area contributed by atoms with Crippen molar-refractivity contribution >= 4 is 10.9 Å². The van der Waals surface area contributed by atoms with Gasteiger partial charge in [-0.15, -0.1) is 0 Å². The lowest BCUT2D eigenvalue weighted by atomic mass is 10.1. The molecular formula is C17H13N3O3. The molecule has 1 aromatic heterocycles. The predicted octanol–water partition coefficient (Wildman–Crippen LogP) is 2.50. The predicted molar refractivity (Wildman–Crippen MR) is 85.5 cm³/mol. The van der Waals surface area contributed by atoms with Gasteiger partial charge in [0.1, 0.15) is 11.9 Å². The third kappa shape index (κ3) is 2.85. The van der Waals surface area contributed by atoms with Crippen molar-refractivity contribution in [2.75, 3.05) is 13.7 Å². The minimum atomic E-state index is -0.207. The summed E-state index contributed by atoms with van der Waals surface area (Å²) in [5.41, 5.74) is 1.07. The number of para-hydroxylation sites is 1. The van der Waals surface area contributed by atoms with Crippen LogP contribution in [0, 0.1) is 11.3 Å². The van der Waals surface area contributed by atoms with E-state index >= 15 is 0 Å². The number of H-pyrrole nitrogens is 1. The fourth-order valence-electron chi connectivity index (χ4n) is 2.27. The number of nitriles is 1. The maximum atomic E-state index is 12.2. The first kappa shape index (κ1) is 14.6. The molecule has 3 aromatic rings. The SMILES string of the molecule is COc1ccc(-c2nc3ccccc3c(=O)[nH]2)cc1OCC#N. The number of rotatable bonds is 4. The van der Waals surface area contributed by atoms with Gasteiger partial charge < -0.3 is 14.5 Å². The van der Waals surface area contributed by atoms with Crippen LogP contribution in [0.15, 0.2) is 47.3 Å². The molecule has 114 valence electrons. The molecule has 23 heavy (non-hydrogen) atoms. The van der Waals surface area contributed by atoms with E-state index in [9.17, 15) is 4.79 Å². The quantitative estimate of drug-likeness (QED) is 0.800. The molecule has 1 heterocycles. The van der Waals surface area contributed by atoms with E-state index in [4.69, 9.17) is 14.7 Å². The summed E-state index contributed by atoms with van der Waals surface area (Å²) in [6.45, 7) is -0.0958. The van der Waals surface area contributed by atoms with E-state index in [0.29, 0.717) is 33.8 Å². The average Bonchev–Trinajstić information content (AvgIpc) is 2.59. The Morgan fingerprint density at radius 3 is 2.83 bits per heavy atom. The van der Waals surface area contributed by atoms with E-state index in [1.807, 2.05) is 12.1 Å². The van der Waals surface area contributed by atoms with Gasteiger partial charge in [0.15, 0.2) is 18.1 Å². The number of aromatic nitrogens is 2. The second kappa shape index (κ2) is 6.20. The van der Waals surface area contributed by atoms with Gasteiger partial charge in [-0.3, -0.25) is 4.79 Å². The smallest absolute Gasteiger partial charge is 0.259 e. The molecule has 0 amide bonds. The molecule has 2 aromatic carbocycles. The monoisotopic (exact) mass is 307 g/mol. The molecular weight excluding hydrogens is 294 g/mol. The molecule has 0 radical (unpaired) electrons. The van der Waals surface area contributed by atoms with Gasteiger partial charge in [-0.1, -0.05) is 12.1 Å². The third-order valence-electron chi connectivity index (χ3n) is 3.34. The van der Waals surface area contributed by atoms with Gasteiger partial charge >= 0.3 is 0 Å². The van der Waals surface area contributed by atoms with Crippen LogP contribution in [0.5, 0.6) is 11.5 Å². The fourth-order valence-corrected chi connectivity index (χ4v) is 2.27. The minimum absolute atomic E-state index is 0.0958. The zero-order valence-corrected chi connectivity index (χ0v) is 12.4. The molecule has 0 spiro atoms. The number of hydrogen-bond donors (Lipinski definition) is 1. The zero-order valence-electron chi connectivity index (χ0n) is 12.4. The summed E-state index contributed by atoms with van der Waals surface area (Å²) in [5, 5.41) is 9.19. The zero-order chi connectivity index (χ0) is 16.2. The number of ether oxygens (including phenoxy) is 2. The van der Waals surface area contributed by atoms with Crippen molar-refractivity contribution < 1.29 is 9.47 Å². The van der Waals surface area contributed by atoms with E-state index in [0.717, 1.165) is 0 Å². The minimum Gasteiger partial charge on any atom is -0.493 e. The highest BCUT2D eigenvalue weighted by molar-refractivity contribution is 5.79. The Morgan fingerprint density at radius 1 is 1.22 bits per heavy atom. The van der Waals surface area contributed by atoms with Crippen molar-refractivity contribution in [1.82, 2.24) is 9.97 Å². The fraction of sp³-hybridized carbons (Fsp3) is 0.118. The van der Waals surface area contributed by atoms with Crippen molar-refractivity contribution in [2.24, 2.45) is 0 Å². The summed E-state index contributed by atoms with van der Waals surface area (Å²) in [6.07, 6.45) is 0. The van der Waals surface area contributed by atoms with Crippen LogP contribution in [-0.4, -0.2) is 23.7 Å². The van der Waals surface area contributed by atoms with Crippen molar-refractivity contribution in [2.45, 2.75) is 0 Å². The van der Waals surface area contributed by atoms with Gasteiger partial charge in [-0.05, 0) is 30.3 Å². The second-order valence-corrected chi connectivity index (χ2v) is 4.74. The number of hydrogen-bond acceptors (Lipinski definition) is 5. The van der Waals surface area contributed by atoms with Crippen LogP contribution in [0.2, 0.25) is 0 Å². The van der Waals surface area contributed by atoms with Gasteiger partial charge in [-0.25, -0.2) is 4.98 Å². The molecule has 3 rings (SSSR count). The summed E-state index contributed by atoms with van der Waals surface area (Å²) in [6, 6.07) is 14.2. The first-order valence-corrected chi connectivity index (χ1v) is 6.90. The highest BCUT2D eigenvalue weighted by Crippen LogP contribution is 2.31. The molecule has 0 unspecified atom stereocenters. The van der Waals surface area contributed by atoms with Crippen LogP contribution in [0.4, 0.5) is 0 Å². The van der Waals surface area contributed by atoms with Crippen LogP contribution in [-0.2, 0) is 0 Å². The maximum Gasteiger partial charge on any atom is 0.259 e. The van der Waals surface area contributed by atoms with Gasteiger partial charge in [0.05, 0.1) is 18.0 Å². The number of nitrogens with one attached hydrogen (secondary N) is 1. The number of fused-ring (bicyclic) bond motifs is 1. The van der Waals surface area contributed by atoms with Crippen molar-refractivity contribution in [3.8, 4) is 29.0 Å². The normalized spacial score (nSPS) is 10.3. The highest BCUT2D eigenvalue weighted by Gasteiger charge is 2.10. The van der Waals surface area contributed by atoms with E-state index in [-0.39, 0.29) is 12.2 Å². The van der Waals surface area contributed by atoms with E-state index in [1.165, 1.54) is 7.11 Å². The summed E-state index contributed by atoms with van der Waals surface area (Å²) in [4.78, 5) is 19.4. The molecule has 1 N–H and O–H groups in total. The molecule has 0 saturated heterocycles. The lowest BCUT2D eigenvalue weighted by molar-refractivity contribution is 0.330. The first-order valence-electron chi connectivity index (χ1n) is 6.90. The Balaban J connectivity index is 2.11. The number of methoxy groups -OCH3 is 1. The van der Waals surface area contributed by atoms with Crippen molar-refractivity contribution in [3.63, 3.8) is 0 Å². The topological polar surface area (TPSA) is 88.0 Å². The molecule has 0 aliphatic carbocycles. The first-order chi connectivity index (χ1) is 11.2. The van der Waals surface area contributed by atoms with Crippen LogP contribution in [0.1, 0.15) is 0 Å². The van der Waals surface area contributed by atoms with Crippen molar-refractivity contribution in [3.05, 3.63) is 52.8 Å². The Morgan fingerprint density at radius 2 is 2.04 bits per heavy atom. The third-order valence-corrected chi connectivity index (χ3v) is 3.34. The molecule has 0 aliphatic heterocycles. The van der Waals surface area contributed by atoms with E-state index in [1.54, 1.807) is 36.4 Å². The molecule has 0 bridgehead atoms. The number of benzene rings is 2. The average molecular weight is 307 g/mol. The lowest BCUT2D eigenvalue weighted by Crippen LogP contribution is -2.09. The summed E-state index contributed by atoms with van der Waals surface area (Å²) in [5.74, 6) is 1.35. The standard InChI is InChI=1S/C17H13N3O3/c1-22-14-7-6-11(10-15(14)23-9-8-18)16-19-13-5-3-2-4-12(13)17(21)20-16/h2-7,10H,9H2,1H3,(H,19,20,21). The Labute approximate surface area is 131 Å². The molecule has 0 atom stereocenters. The van der Waals surface area contributed by atoms with Crippen LogP contribution in [0.25, 0.3) is 22.3 Å². The van der Waals surface area contributed by atoms with Gasteiger partial charge in [-0.2, -0.15) is 5.26 Å². The highest BCUT2D eigenvalue weighted by atomic mass is 16.5. The molecule has 6 heteroatoms. The molecule has 6 nitrogen and oxygen atoms in total. The molecule has 0 aliphatic rings. The lowest BCUT2D eigenvalue weighted by Gasteiger charge is -2.10. The molecule has 0 saturated carbocycles. The van der Waals surface area contributed by atoms with Crippen molar-refractivity contribution in [1.29, 1.82) is 5.26 Å². The van der Waals surface area contributed by atoms with Gasteiger partial charge in [0, 0.05) is 5.56 Å². The number of nitrogens with zero attached hydrogens (tertiary/aromatic N) is 2. The number of aromatic amines is 1. The Hall–Kier alpha value is -3.33. The maximum absolute atomic E-state index is 12.2. The van der Waals surface area contributed by atoms with Crippen LogP contribution < -0.4 is 15.0 Å². The van der Waals surface area contributed by atoms with E-state index < -0.39 is 0 Å². The summed E-state index contributed by atoms with van der Waals surface area (Å²) in [7, 11) is 1.52. The second-order valence-electron chi connectivity index (χ2n) is 4.74. The van der Waals surface area contributed by atoms with Gasteiger partial charge in [0.2, 0.25) is 0 Å².